The highest BCUT2D eigenvalue weighted by atomic mass is 19.3. The van der Waals surface area contributed by atoms with Gasteiger partial charge in [0.15, 0.2) is 18.4 Å². The van der Waals surface area contributed by atoms with Crippen LogP contribution in [0, 0.1) is 0 Å². The van der Waals surface area contributed by atoms with E-state index in [9.17, 15) is 23.5 Å². The minimum Gasteiger partial charge on any atom is -0.381 e. The van der Waals surface area contributed by atoms with E-state index in [0.717, 1.165) is 4.90 Å². The van der Waals surface area contributed by atoms with Crippen LogP contribution in [0.5, 0.6) is 0 Å². The number of hydrogen-bond acceptors (Lipinski definition) is 5. The van der Waals surface area contributed by atoms with Crippen LogP contribution in [0.2, 0.25) is 0 Å². The monoisotopic (exact) mass is 341 g/mol. The second kappa shape index (κ2) is 5.67. The summed E-state index contributed by atoms with van der Waals surface area (Å²) in [5.74, 6) is -3.84. The van der Waals surface area contributed by atoms with Crippen molar-refractivity contribution >= 4 is 23.7 Å². The van der Waals surface area contributed by atoms with Crippen molar-refractivity contribution in [2.75, 3.05) is 30.4 Å². The highest BCUT2D eigenvalue weighted by Crippen LogP contribution is 2.53. The van der Waals surface area contributed by atoms with E-state index < -0.39 is 30.3 Å². The maximum absolute atomic E-state index is 14.4. The van der Waals surface area contributed by atoms with Gasteiger partial charge in [0.2, 0.25) is 12.3 Å². The van der Waals surface area contributed by atoms with Crippen LogP contribution < -0.4 is 15.1 Å². The summed E-state index contributed by atoms with van der Waals surface area (Å²) in [5, 5.41) is 12.0. The second-order valence-electron chi connectivity index (χ2n) is 5.77. The zero-order chi connectivity index (χ0) is 17.6. The molecule has 1 aromatic rings. The van der Waals surface area contributed by atoms with E-state index in [1.165, 1.54) is 25.2 Å². The van der Waals surface area contributed by atoms with Gasteiger partial charge < -0.3 is 25.0 Å². The van der Waals surface area contributed by atoms with E-state index in [2.05, 4.69) is 5.32 Å². The number of ether oxygens (including phenoxy) is 1. The van der Waals surface area contributed by atoms with Crippen molar-refractivity contribution in [1.29, 1.82) is 0 Å². The molecule has 1 saturated heterocycles. The van der Waals surface area contributed by atoms with Gasteiger partial charge in [0, 0.05) is 31.0 Å². The number of alkyl halides is 2. The van der Waals surface area contributed by atoms with Gasteiger partial charge in [-0.25, -0.2) is 0 Å². The molecule has 1 aromatic carbocycles. The SMILES string of the molecule is CNC(=O)[C@H](O)CN(C=O)c1ccc2c(c1)C(F)(F)C1OC1N2C. The Hall–Kier alpha value is -2.26. The smallest absolute Gasteiger partial charge is 0.305 e. The van der Waals surface area contributed by atoms with Gasteiger partial charge in [-0.3, -0.25) is 9.59 Å². The first-order valence-corrected chi connectivity index (χ1v) is 7.33. The Labute approximate surface area is 136 Å². The Morgan fingerprint density at radius 1 is 1.58 bits per heavy atom. The minimum absolute atomic E-state index is 0.166. The highest BCUT2D eigenvalue weighted by molar-refractivity contribution is 5.84. The lowest BCUT2D eigenvalue weighted by Crippen LogP contribution is -2.41. The standard InChI is InChI=1S/C15H17F2N3O4/c1-18-13(23)11(22)6-20(7-21)8-3-4-10-9(5-8)15(16,17)12-14(24-12)19(10)2/h3-5,7,11-12,14,22H,6H2,1-2H3,(H,18,23)/t11-,12?,14?/m1/s1. The Kier molecular flexibility index (Phi) is 3.92. The maximum Gasteiger partial charge on any atom is 0.305 e. The summed E-state index contributed by atoms with van der Waals surface area (Å²) < 4.78 is 33.9. The fourth-order valence-corrected chi connectivity index (χ4v) is 2.88. The van der Waals surface area contributed by atoms with E-state index in [0.29, 0.717) is 12.1 Å². The normalized spacial score (nSPS) is 24.5. The lowest BCUT2D eigenvalue weighted by atomic mass is 9.97. The summed E-state index contributed by atoms with van der Waals surface area (Å²) in [6.07, 6.45) is -2.92. The molecular weight excluding hydrogens is 324 g/mol. The number of likely N-dealkylation sites (N-methyl/N-ethyl adjacent to an activating group) is 2. The molecule has 0 aromatic heterocycles. The van der Waals surface area contributed by atoms with Gasteiger partial charge in [-0.05, 0) is 18.2 Å². The van der Waals surface area contributed by atoms with Crippen LogP contribution in [0.25, 0.3) is 0 Å². The number of aliphatic hydroxyl groups is 1. The number of aliphatic hydroxyl groups excluding tert-OH is 1. The fraction of sp³-hybridized carbons (Fsp3) is 0.467. The third-order valence-electron chi connectivity index (χ3n) is 4.30. The Bertz CT molecular complexity index is 685. The van der Waals surface area contributed by atoms with Crippen LogP contribution in [0.3, 0.4) is 0 Å². The van der Waals surface area contributed by atoms with Crippen molar-refractivity contribution < 1.29 is 28.2 Å². The molecule has 2 aliphatic heterocycles. The number of fused-ring (bicyclic) bond motifs is 2. The average molecular weight is 341 g/mol. The molecule has 0 bridgehead atoms. The van der Waals surface area contributed by atoms with Crippen molar-refractivity contribution in [3.63, 3.8) is 0 Å². The van der Waals surface area contributed by atoms with Crippen LogP contribution in [-0.2, 0) is 20.2 Å². The minimum atomic E-state index is -3.17. The number of nitrogens with one attached hydrogen (secondary N) is 1. The molecule has 2 unspecified atom stereocenters. The predicted octanol–water partition coefficient (Wildman–Crippen LogP) is 0.0228. The van der Waals surface area contributed by atoms with Gasteiger partial charge in [-0.2, -0.15) is 8.78 Å². The molecule has 3 rings (SSSR count). The summed E-state index contributed by atoms with van der Waals surface area (Å²) in [4.78, 5) is 25.3. The number of epoxide rings is 1. The van der Waals surface area contributed by atoms with Crippen molar-refractivity contribution in [2.24, 2.45) is 0 Å². The Morgan fingerprint density at radius 3 is 2.92 bits per heavy atom. The molecule has 2 amide bonds. The summed E-state index contributed by atoms with van der Waals surface area (Å²) in [7, 11) is 3.00. The third kappa shape index (κ3) is 2.49. The highest BCUT2D eigenvalue weighted by Gasteiger charge is 2.64. The number of halogens is 2. The summed E-state index contributed by atoms with van der Waals surface area (Å²) in [6.45, 7) is -0.341. The number of nitrogens with zero attached hydrogens (tertiary/aromatic N) is 2. The molecule has 2 heterocycles. The largest absolute Gasteiger partial charge is 0.381 e. The van der Waals surface area contributed by atoms with Crippen molar-refractivity contribution in [1.82, 2.24) is 5.32 Å². The summed E-state index contributed by atoms with van der Waals surface area (Å²) in [6, 6.07) is 4.15. The van der Waals surface area contributed by atoms with E-state index in [4.69, 9.17) is 4.74 Å². The molecule has 3 atom stereocenters. The second-order valence-corrected chi connectivity index (χ2v) is 5.77. The first-order chi connectivity index (χ1) is 11.3. The van der Waals surface area contributed by atoms with Gasteiger partial charge in [0.05, 0.1) is 6.54 Å². The molecule has 0 spiro atoms. The van der Waals surface area contributed by atoms with Crippen molar-refractivity contribution in [2.45, 2.75) is 24.4 Å². The van der Waals surface area contributed by atoms with Gasteiger partial charge >= 0.3 is 5.92 Å². The average Bonchev–Trinajstić information content (AvgIpc) is 3.38. The van der Waals surface area contributed by atoms with Crippen LogP contribution >= 0.6 is 0 Å². The lowest BCUT2D eigenvalue weighted by Gasteiger charge is -2.31. The molecular formula is C15H17F2N3O4. The number of amides is 2. The van der Waals surface area contributed by atoms with Gasteiger partial charge in [0.25, 0.3) is 0 Å². The number of benzene rings is 1. The maximum atomic E-state index is 14.4. The number of carbonyl (C=O) groups excluding carboxylic acids is 2. The first kappa shape index (κ1) is 16.6. The zero-order valence-electron chi connectivity index (χ0n) is 13.1. The number of carbonyl (C=O) groups is 2. The number of anilines is 2. The zero-order valence-corrected chi connectivity index (χ0v) is 13.1. The van der Waals surface area contributed by atoms with Gasteiger partial charge in [-0.15, -0.1) is 0 Å². The lowest BCUT2D eigenvalue weighted by molar-refractivity contribution is -0.128. The molecule has 0 radical (unpaired) electrons. The van der Waals surface area contributed by atoms with Crippen LogP contribution in [-0.4, -0.2) is 56.5 Å². The van der Waals surface area contributed by atoms with Gasteiger partial charge in [-0.1, -0.05) is 0 Å². The molecule has 2 aliphatic rings. The predicted molar refractivity (Wildman–Crippen MR) is 80.9 cm³/mol. The van der Waals surface area contributed by atoms with Gasteiger partial charge in [0.1, 0.15) is 0 Å². The van der Waals surface area contributed by atoms with Crippen LogP contribution in [0.1, 0.15) is 5.56 Å². The molecule has 9 heteroatoms. The number of hydrogen-bond donors (Lipinski definition) is 2. The molecule has 0 aliphatic carbocycles. The van der Waals surface area contributed by atoms with Crippen LogP contribution in [0.15, 0.2) is 18.2 Å². The van der Waals surface area contributed by atoms with Crippen molar-refractivity contribution in [3.8, 4) is 0 Å². The van der Waals surface area contributed by atoms with E-state index in [1.54, 1.807) is 11.9 Å². The van der Waals surface area contributed by atoms with E-state index >= 15 is 0 Å². The molecule has 24 heavy (non-hydrogen) atoms. The van der Waals surface area contributed by atoms with Crippen molar-refractivity contribution in [3.05, 3.63) is 23.8 Å². The molecule has 0 saturated carbocycles. The molecule has 1 fully saturated rings. The summed E-state index contributed by atoms with van der Waals surface area (Å²) >= 11 is 0. The molecule has 130 valence electrons. The Morgan fingerprint density at radius 2 is 2.29 bits per heavy atom. The molecule has 7 nitrogen and oxygen atoms in total. The van der Waals surface area contributed by atoms with Crippen LogP contribution in [0.4, 0.5) is 20.2 Å². The number of rotatable bonds is 5. The van der Waals surface area contributed by atoms with E-state index in [-0.39, 0.29) is 17.8 Å². The Balaban J connectivity index is 1.91. The third-order valence-corrected chi connectivity index (χ3v) is 4.30. The fourth-order valence-electron chi connectivity index (χ4n) is 2.88. The quantitative estimate of drug-likeness (QED) is 0.583. The first-order valence-electron chi connectivity index (χ1n) is 7.33. The molecule has 2 N–H and O–H groups in total. The van der Waals surface area contributed by atoms with E-state index in [1.807, 2.05) is 0 Å². The topological polar surface area (TPSA) is 85.4 Å². The summed E-state index contributed by atoms with van der Waals surface area (Å²) in [5.41, 5.74) is 0.238.